The fourth-order valence-electron chi connectivity index (χ4n) is 1.86. The lowest BCUT2D eigenvalue weighted by Gasteiger charge is -2.35. The van der Waals surface area contributed by atoms with Crippen LogP contribution in [0.1, 0.15) is 6.42 Å². The van der Waals surface area contributed by atoms with E-state index >= 15 is 0 Å². The number of aliphatic hydroxyl groups is 1. The molecule has 2 rings (SSSR count). The zero-order valence-electron chi connectivity index (χ0n) is 10.3. The lowest BCUT2D eigenvalue weighted by molar-refractivity contribution is 0.290. The molecule has 0 aliphatic carbocycles. The van der Waals surface area contributed by atoms with Gasteiger partial charge in [0.25, 0.3) is 0 Å². The van der Waals surface area contributed by atoms with Crippen molar-refractivity contribution in [1.29, 1.82) is 0 Å². The van der Waals surface area contributed by atoms with E-state index in [4.69, 9.17) is 10.8 Å². The molecule has 0 saturated carbocycles. The maximum Gasteiger partial charge on any atom is 0.191 e. The van der Waals surface area contributed by atoms with E-state index in [-0.39, 0.29) is 6.61 Å². The first-order valence-electron chi connectivity index (χ1n) is 6.11. The third-order valence-electron chi connectivity index (χ3n) is 2.88. The maximum atomic E-state index is 8.69. The molecule has 2 heterocycles. The van der Waals surface area contributed by atoms with Gasteiger partial charge in [0.1, 0.15) is 0 Å². The van der Waals surface area contributed by atoms with E-state index in [1.54, 1.807) is 11.3 Å². The Bertz CT molecular complexity index is 373. The van der Waals surface area contributed by atoms with Crippen molar-refractivity contribution in [2.45, 2.75) is 6.42 Å². The van der Waals surface area contributed by atoms with E-state index in [0.717, 1.165) is 31.3 Å². The molecule has 0 unspecified atom stereocenters. The highest BCUT2D eigenvalue weighted by molar-refractivity contribution is 7.13. The first-order valence-corrected chi connectivity index (χ1v) is 6.99. The summed E-state index contributed by atoms with van der Waals surface area (Å²) in [6, 6.07) is 0. The number of hydrogen-bond acceptors (Lipinski definition) is 5. The number of piperazine rings is 1. The van der Waals surface area contributed by atoms with E-state index in [1.807, 2.05) is 11.6 Å². The first-order chi connectivity index (χ1) is 8.81. The normalized spacial score (nSPS) is 17.3. The molecule has 1 aromatic heterocycles. The minimum absolute atomic E-state index is 0.161. The molecule has 0 aromatic carbocycles. The first kappa shape index (κ1) is 13.1. The second-order valence-electron chi connectivity index (χ2n) is 4.11. The lowest BCUT2D eigenvalue weighted by atomic mass is 10.3. The van der Waals surface area contributed by atoms with Crippen molar-refractivity contribution >= 4 is 22.4 Å². The number of aliphatic hydroxyl groups excluding tert-OH is 1. The topological polar surface area (TPSA) is 78.0 Å². The van der Waals surface area contributed by atoms with Gasteiger partial charge in [-0.3, -0.25) is 4.99 Å². The van der Waals surface area contributed by atoms with E-state index in [0.29, 0.717) is 18.9 Å². The molecule has 7 heteroatoms. The number of aliphatic imine (C=N–C) groups is 1. The van der Waals surface area contributed by atoms with Gasteiger partial charge in [-0.25, -0.2) is 4.98 Å². The molecule has 0 amide bonds. The minimum atomic E-state index is 0.161. The average molecular weight is 269 g/mol. The molecule has 0 spiro atoms. The van der Waals surface area contributed by atoms with Crippen molar-refractivity contribution < 1.29 is 5.11 Å². The Morgan fingerprint density at radius 3 is 2.83 bits per heavy atom. The highest BCUT2D eigenvalue weighted by Crippen LogP contribution is 2.18. The van der Waals surface area contributed by atoms with Gasteiger partial charge in [-0.05, 0) is 6.42 Å². The Hall–Kier alpha value is -1.34. The van der Waals surface area contributed by atoms with Crippen LogP contribution >= 0.6 is 11.3 Å². The molecule has 1 aromatic rings. The van der Waals surface area contributed by atoms with Crippen LogP contribution in [0.15, 0.2) is 16.6 Å². The van der Waals surface area contributed by atoms with Crippen LogP contribution in [-0.4, -0.2) is 60.3 Å². The second-order valence-corrected chi connectivity index (χ2v) is 4.98. The van der Waals surface area contributed by atoms with Crippen LogP contribution in [0.3, 0.4) is 0 Å². The molecule has 0 radical (unpaired) electrons. The second kappa shape index (κ2) is 6.55. The van der Waals surface area contributed by atoms with Crippen molar-refractivity contribution in [2.24, 2.45) is 10.7 Å². The van der Waals surface area contributed by atoms with Gasteiger partial charge < -0.3 is 20.6 Å². The number of nitrogens with two attached hydrogens (primary N) is 1. The minimum Gasteiger partial charge on any atom is -0.396 e. The van der Waals surface area contributed by atoms with Crippen molar-refractivity contribution in [2.75, 3.05) is 44.2 Å². The van der Waals surface area contributed by atoms with Gasteiger partial charge in [0.05, 0.1) is 0 Å². The number of aromatic nitrogens is 1. The fraction of sp³-hybridized carbons (Fsp3) is 0.636. The Balaban J connectivity index is 1.81. The monoisotopic (exact) mass is 269 g/mol. The molecule has 0 bridgehead atoms. The number of rotatable bonds is 4. The summed E-state index contributed by atoms with van der Waals surface area (Å²) in [6.45, 7) is 4.33. The molecular weight excluding hydrogens is 250 g/mol. The maximum absolute atomic E-state index is 8.69. The lowest BCUT2D eigenvalue weighted by Crippen LogP contribution is -2.51. The molecule has 1 aliphatic heterocycles. The summed E-state index contributed by atoms with van der Waals surface area (Å²) in [5.74, 6) is 0.585. The van der Waals surface area contributed by atoms with Gasteiger partial charge in [-0.15, -0.1) is 11.3 Å². The zero-order valence-corrected chi connectivity index (χ0v) is 11.1. The van der Waals surface area contributed by atoms with Gasteiger partial charge in [-0.1, -0.05) is 0 Å². The van der Waals surface area contributed by atoms with Crippen molar-refractivity contribution in [1.82, 2.24) is 9.88 Å². The summed E-state index contributed by atoms with van der Waals surface area (Å²) in [4.78, 5) is 12.9. The largest absolute Gasteiger partial charge is 0.396 e. The van der Waals surface area contributed by atoms with E-state index in [2.05, 4.69) is 19.8 Å². The molecule has 100 valence electrons. The van der Waals surface area contributed by atoms with Crippen molar-refractivity contribution in [3.63, 3.8) is 0 Å². The summed E-state index contributed by atoms with van der Waals surface area (Å²) in [5, 5.41) is 11.8. The highest BCUT2D eigenvalue weighted by atomic mass is 32.1. The van der Waals surface area contributed by atoms with Gasteiger partial charge in [0, 0.05) is 50.9 Å². The van der Waals surface area contributed by atoms with Crippen molar-refractivity contribution in [3.05, 3.63) is 11.6 Å². The van der Waals surface area contributed by atoms with Crippen LogP contribution < -0.4 is 10.6 Å². The van der Waals surface area contributed by atoms with Crippen LogP contribution in [0.5, 0.6) is 0 Å². The van der Waals surface area contributed by atoms with Crippen LogP contribution in [-0.2, 0) is 0 Å². The number of thiazole rings is 1. The van der Waals surface area contributed by atoms with Gasteiger partial charge in [-0.2, -0.15) is 0 Å². The molecule has 3 N–H and O–H groups in total. The number of nitrogens with zero attached hydrogens (tertiary/aromatic N) is 4. The third kappa shape index (κ3) is 3.33. The standard InChI is InChI=1S/C11H19N5OS/c12-10(13-2-1-8-17)15-4-6-16(7-5-15)11-14-3-9-18-11/h3,9,17H,1-2,4-8H2,(H2,12,13). The zero-order chi connectivity index (χ0) is 12.8. The summed E-state index contributed by atoms with van der Waals surface area (Å²) < 4.78 is 0. The van der Waals surface area contributed by atoms with Gasteiger partial charge in [0.2, 0.25) is 0 Å². The SMILES string of the molecule is NC(=NCCCO)N1CCN(c2nccs2)CC1. The van der Waals surface area contributed by atoms with Gasteiger partial charge >= 0.3 is 0 Å². The average Bonchev–Trinajstić information content (AvgIpc) is 2.93. The predicted molar refractivity (Wildman–Crippen MR) is 74.1 cm³/mol. The van der Waals surface area contributed by atoms with Gasteiger partial charge in [0.15, 0.2) is 11.1 Å². The molecule has 1 aliphatic rings. The Morgan fingerprint density at radius 1 is 1.44 bits per heavy atom. The highest BCUT2D eigenvalue weighted by Gasteiger charge is 2.19. The van der Waals surface area contributed by atoms with Crippen LogP contribution in [0.2, 0.25) is 0 Å². The molecule has 1 saturated heterocycles. The summed E-state index contributed by atoms with van der Waals surface area (Å²) in [6.07, 6.45) is 2.50. The van der Waals surface area contributed by atoms with Crippen molar-refractivity contribution in [3.8, 4) is 0 Å². The van der Waals surface area contributed by atoms with E-state index in [9.17, 15) is 0 Å². The predicted octanol–water partition coefficient (Wildman–Crippen LogP) is -0.0378. The fourth-order valence-corrected chi connectivity index (χ4v) is 2.56. The Morgan fingerprint density at radius 2 is 2.22 bits per heavy atom. The summed E-state index contributed by atoms with van der Waals surface area (Å²) in [5.41, 5.74) is 5.92. The molecule has 0 atom stereocenters. The number of hydrogen-bond donors (Lipinski definition) is 2. The van der Waals surface area contributed by atoms with Crippen LogP contribution in [0.4, 0.5) is 5.13 Å². The molecule has 1 fully saturated rings. The smallest absolute Gasteiger partial charge is 0.191 e. The summed E-state index contributed by atoms with van der Waals surface area (Å²) in [7, 11) is 0. The quantitative estimate of drug-likeness (QED) is 0.456. The number of anilines is 1. The van der Waals surface area contributed by atoms with Crippen LogP contribution in [0.25, 0.3) is 0 Å². The molecule has 6 nitrogen and oxygen atoms in total. The Labute approximate surface area is 111 Å². The summed E-state index contributed by atoms with van der Waals surface area (Å²) >= 11 is 1.66. The number of guanidine groups is 1. The van der Waals surface area contributed by atoms with E-state index in [1.165, 1.54) is 0 Å². The third-order valence-corrected chi connectivity index (χ3v) is 3.72. The molecular formula is C11H19N5OS. The Kier molecular flexibility index (Phi) is 4.77. The molecule has 18 heavy (non-hydrogen) atoms. The van der Waals surface area contributed by atoms with E-state index < -0.39 is 0 Å². The van der Waals surface area contributed by atoms with Crippen LogP contribution in [0, 0.1) is 0 Å².